The Kier molecular flexibility index (Phi) is 5.28. The molecule has 0 amide bonds. The number of hydrazone groups is 1. The van der Waals surface area contributed by atoms with E-state index >= 15 is 0 Å². The first-order valence-corrected chi connectivity index (χ1v) is 4.70. The number of nitrogens with zero attached hydrogens (tertiary/aromatic N) is 2. The predicted octanol–water partition coefficient (Wildman–Crippen LogP) is 0.483. The molecule has 0 saturated carbocycles. The smallest absolute Gasteiger partial charge is 0.188 e. The summed E-state index contributed by atoms with van der Waals surface area (Å²) >= 11 is 4.90. The van der Waals surface area contributed by atoms with Gasteiger partial charge in [-0.2, -0.15) is 5.10 Å². The van der Waals surface area contributed by atoms with Crippen LogP contribution in [0.15, 0.2) is 29.5 Å². The first-order valence-electron chi connectivity index (χ1n) is 4.30. The van der Waals surface area contributed by atoms with E-state index < -0.39 is 0 Å². The summed E-state index contributed by atoms with van der Waals surface area (Å²) in [6.07, 6.45) is 3.28. The largest absolute Gasteiger partial charge is 0.365 e. The van der Waals surface area contributed by atoms with Crippen LogP contribution in [0.2, 0.25) is 0 Å². The molecule has 1 heterocycles. The number of thiocarbonyl (C=S) groups is 1. The normalized spacial score (nSPS) is 10.2. The third-order valence-electron chi connectivity index (χ3n) is 1.43. The molecule has 0 unspecified atom stereocenters. The second-order valence-corrected chi connectivity index (χ2v) is 2.97. The standard InChI is InChI=1S/C9H12N4OS/c1-14-7-11-9(15)13-12-6-8-4-2-3-5-10-8/h2-6H,7H2,1H3,(H2,11,13,15)/b12-6+. The van der Waals surface area contributed by atoms with E-state index in [1.807, 2.05) is 18.2 Å². The van der Waals surface area contributed by atoms with Gasteiger partial charge in [-0.15, -0.1) is 0 Å². The van der Waals surface area contributed by atoms with Crippen LogP contribution < -0.4 is 10.7 Å². The minimum absolute atomic E-state index is 0.352. The molecular formula is C9H12N4OS. The van der Waals surface area contributed by atoms with Gasteiger partial charge in [0.1, 0.15) is 6.73 Å². The molecule has 0 fully saturated rings. The van der Waals surface area contributed by atoms with E-state index in [0.29, 0.717) is 11.8 Å². The summed E-state index contributed by atoms with van der Waals surface area (Å²) in [6.45, 7) is 0.352. The topological polar surface area (TPSA) is 58.5 Å². The molecule has 0 aromatic carbocycles. The lowest BCUT2D eigenvalue weighted by Crippen LogP contribution is -2.33. The molecule has 0 aliphatic heterocycles. The first kappa shape index (κ1) is 11.5. The fourth-order valence-electron chi connectivity index (χ4n) is 0.787. The monoisotopic (exact) mass is 224 g/mol. The lowest BCUT2D eigenvalue weighted by Gasteiger charge is -2.04. The lowest BCUT2D eigenvalue weighted by atomic mass is 10.4. The van der Waals surface area contributed by atoms with Gasteiger partial charge in [-0.25, -0.2) is 0 Å². The van der Waals surface area contributed by atoms with Crippen molar-refractivity contribution in [3.63, 3.8) is 0 Å². The Hall–Kier alpha value is -1.53. The molecule has 0 aliphatic rings. The number of nitrogens with one attached hydrogen (secondary N) is 2. The van der Waals surface area contributed by atoms with Crippen molar-refractivity contribution in [2.75, 3.05) is 13.8 Å². The molecule has 1 aromatic heterocycles. The van der Waals surface area contributed by atoms with Crippen LogP contribution in [0.3, 0.4) is 0 Å². The molecule has 1 aromatic rings. The maximum Gasteiger partial charge on any atom is 0.188 e. The third kappa shape index (κ3) is 5.04. The highest BCUT2D eigenvalue weighted by atomic mass is 32.1. The highest BCUT2D eigenvalue weighted by Gasteiger charge is 1.90. The molecule has 1 rings (SSSR count). The summed E-state index contributed by atoms with van der Waals surface area (Å²) in [7, 11) is 1.58. The summed E-state index contributed by atoms with van der Waals surface area (Å²) < 4.78 is 4.77. The van der Waals surface area contributed by atoms with Crippen molar-refractivity contribution in [1.29, 1.82) is 0 Å². The molecule has 0 radical (unpaired) electrons. The van der Waals surface area contributed by atoms with Crippen LogP contribution in [0.25, 0.3) is 0 Å². The van der Waals surface area contributed by atoms with Crippen LogP contribution in [-0.4, -0.2) is 30.2 Å². The van der Waals surface area contributed by atoms with E-state index in [4.69, 9.17) is 17.0 Å². The Labute approximate surface area is 93.5 Å². The Morgan fingerprint density at radius 3 is 3.20 bits per heavy atom. The van der Waals surface area contributed by atoms with Gasteiger partial charge >= 0.3 is 0 Å². The Bertz CT molecular complexity index is 328. The Morgan fingerprint density at radius 2 is 2.53 bits per heavy atom. The number of hydrogen-bond donors (Lipinski definition) is 2. The zero-order chi connectivity index (χ0) is 10.9. The average molecular weight is 224 g/mol. The van der Waals surface area contributed by atoms with Crippen molar-refractivity contribution < 1.29 is 4.74 Å². The first-order chi connectivity index (χ1) is 7.33. The van der Waals surface area contributed by atoms with E-state index in [0.717, 1.165) is 5.69 Å². The summed E-state index contributed by atoms with van der Waals surface area (Å²) in [4.78, 5) is 4.06. The molecule has 15 heavy (non-hydrogen) atoms. The quantitative estimate of drug-likeness (QED) is 0.337. The van der Waals surface area contributed by atoms with Gasteiger partial charge in [-0.1, -0.05) is 6.07 Å². The second-order valence-electron chi connectivity index (χ2n) is 2.56. The molecule has 5 nitrogen and oxygen atoms in total. The molecule has 0 aliphatic carbocycles. The number of ether oxygens (including phenoxy) is 1. The number of aromatic nitrogens is 1. The Morgan fingerprint density at radius 1 is 1.67 bits per heavy atom. The van der Waals surface area contributed by atoms with Gasteiger partial charge in [-0.3, -0.25) is 10.4 Å². The summed E-state index contributed by atoms with van der Waals surface area (Å²) in [5, 5.41) is 7.09. The van der Waals surface area contributed by atoms with Crippen molar-refractivity contribution >= 4 is 23.5 Å². The molecule has 2 N–H and O–H groups in total. The minimum Gasteiger partial charge on any atom is -0.365 e. The van der Waals surface area contributed by atoms with Gasteiger partial charge in [0.15, 0.2) is 5.11 Å². The van der Waals surface area contributed by atoms with Gasteiger partial charge in [-0.05, 0) is 24.4 Å². The predicted molar refractivity (Wildman–Crippen MR) is 62.6 cm³/mol. The molecule has 0 spiro atoms. The average Bonchev–Trinajstić information content (AvgIpc) is 2.28. The SMILES string of the molecule is COCNC(=S)N/N=C/c1ccccn1. The van der Waals surface area contributed by atoms with E-state index in [2.05, 4.69) is 20.8 Å². The third-order valence-corrected chi connectivity index (χ3v) is 1.66. The number of hydrogen-bond acceptors (Lipinski definition) is 4. The zero-order valence-corrected chi connectivity index (χ0v) is 9.12. The zero-order valence-electron chi connectivity index (χ0n) is 8.30. The second kappa shape index (κ2) is 6.86. The van der Waals surface area contributed by atoms with Gasteiger partial charge in [0.05, 0.1) is 11.9 Å². The van der Waals surface area contributed by atoms with Crippen LogP contribution in [0.1, 0.15) is 5.69 Å². The molecule has 0 bridgehead atoms. The molecule has 80 valence electrons. The number of methoxy groups -OCH3 is 1. The lowest BCUT2D eigenvalue weighted by molar-refractivity contribution is 0.192. The van der Waals surface area contributed by atoms with Crippen molar-refractivity contribution in [2.24, 2.45) is 5.10 Å². The number of rotatable bonds is 4. The van der Waals surface area contributed by atoms with Gasteiger partial charge in [0.25, 0.3) is 0 Å². The highest BCUT2D eigenvalue weighted by molar-refractivity contribution is 7.80. The molecule has 0 atom stereocenters. The maximum absolute atomic E-state index is 4.90. The van der Waals surface area contributed by atoms with E-state index in [-0.39, 0.29) is 0 Å². The van der Waals surface area contributed by atoms with Crippen molar-refractivity contribution in [1.82, 2.24) is 15.7 Å². The summed E-state index contributed by atoms with van der Waals surface area (Å²) in [5.41, 5.74) is 3.40. The van der Waals surface area contributed by atoms with E-state index in [1.165, 1.54) is 0 Å². The van der Waals surface area contributed by atoms with Crippen LogP contribution in [0.5, 0.6) is 0 Å². The van der Waals surface area contributed by atoms with Crippen molar-refractivity contribution in [2.45, 2.75) is 0 Å². The van der Waals surface area contributed by atoms with Crippen LogP contribution in [0, 0.1) is 0 Å². The fourth-order valence-corrected chi connectivity index (χ4v) is 0.898. The van der Waals surface area contributed by atoms with Crippen molar-refractivity contribution in [3.8, 4) is 0 Å². The Balaban J connectivity index is 2.31. The minimum atomic E-state index is 0.352. The fraction of sp³-hybridized carbons (Fsp3) is 0.222. The molecule has 0 saturated heterocycles. The van der Waals surface area contributed by atoms with E-state index in [1.54, 1.807) is 19.5 Å². The number of pyridine rings is 1. The molecule has 6 heteroatoms. The van der Waals surface area contributed by atoms with Crippen molar-refractivity contribution in [3.05, 3.63) is 30.1 Å². The summed E-state index contributed by atoms with van der Waals surface area (Å²) in [5.74, 6) is 0. The van der Waals surface area contributed by atoms with Gasteiger partial charge < -0.3 is 10.1 Å². The molecular weight excluding hydrogens is 212 g/mol. The summed E-state index contributed by atoms with van der Waals surface area (Å²) in [6, 6.07) is 5.57. The van der Waals surface area contributed by atoms with Gasteiger partial charge in [0.2, 0.25) is 0 Å². The van der Waals surface area contributed by atoms with E-state index in [9.17, 15) is 0 Å². The maximum atomic E-state index is 4.90. The van der Waals surface area contributed by atoms with Gasteiger partial charge in [0, 0.05) is 13.3 Å². The van der Waals surface area contributed by atoms with Crippen LogP contribution in [-0.2, 0) is 4.74 Å². The van der Waals surface area contributed by atoms with Crippen LogP contribution in [0.4, 0.5) is 0 Å². The highest BCUT2D eigenvalue weighted by Crippen LogP contribution is 1.87. The van der Waals surface area contributed by atoms with Crippen LogP contribution >= 0.6 is 12.2 Å².